The molecule has 1 saturated carbocycles. The van der Waals surface area contributed by atoms with E-state index in [1.807, 2.05) is 30.5 Å². The first-order valence-corrected chi connectivity index (χ1v) is 12.9. The predicted molar refractivity (Wildman–Crippen MR) is 133 cm³/mol. The molecule has 3 heterocycles. The normalized spacial score (nSPS) is 14.5. The molecule has 9 heteroatoms. The second-order valence-corrected chi connectivity index (χ2v) is 10.3. The SMILES string of the molecule is Cc1c(C#N)c(NC(=O)CSc2nnc(-c3ccco3)n2CC(C)C)n(C2CCCCC2)c1C. The molecule has 0 atom stereocenters. The summed E-state index contributed by atoms with van der Waals surface area (Å²) >= 11 is 1.34. The minimum absolute atomic E-state index is 0.158. The van der Waals surface area contributed by atoms with E-state index in [1.54, 1.807) is 6.26 Å². The van der Waals surface area contributed by atoms with Crippen molar-refractivity contribution in [2.24, 2.45) is 5.92 Å². The Labute approximate surface area is 204 Å². The van der Waals surface area contributed by atoms with Gasteiger partial charge in [0.15, 0.2) is 16.7 Å². The lowest BCUT2D eigenvalue weighted by atomic mass is 9.95. The second kappa shape index (κ2) is 10.5. The zero-order chi connectivity index (χ0) is 24.2. The van der Waals surface area contributed by atoms with Crippen LogP contribution in [0.3, 0.4) is 0 Å². The number of nitrogens with one attached hydrogen (secondary N) is 1. The van der Waals surface area contributed by atoms with E-state index in [0.717, 1.165) is 24.1 Å². The third-order valence-electron chi connectivity index (χ3n) is 6.40. The number of aromatic nitrogens is 4. The van der Waals surface area contributed by atoms with Crippen molar-refractivity contribution in [3.63, 3.8) is 0 Å². The molecule has 1 fully saturated rings. The zero-order valence-corrected chi connectivity index (χ0v) is 21.1. The summed E-state index contributed by atoms with van der Waals surface area (Å²) in [6.45, 7) is 8.97. The van der Waals surface area contributed by atoms with Gasteiger partial charge in [-0.05, 0) is 50.3 Å². The van der Waals surface area contributed by atoms with E-state index in [2.05, 4.69) is 40.0 Å². The molecule has 0 spiro atoms. The lowest BCUT2D eigenvalue weighted by molar-refractivity contribution is -0.113. The number of thioether (sulfide) groups is 1. The maximum absolute atomic E-state index is 13.0. The molecule has 1 amide bonds. The molecule has 3 aromatic rings. The minimum atomic E-state index is -0.158. The van der Waals surface area contributed by atoms with Gasteiger partial charge in [-0.3, -0.25) is 9.36 Å². The number of nitrogens with zero attached hydrogens (tertiary/aromatic N) is 5. The molecule has 8 nitrogen and oxygen atoms in total. The van der Waals surface area contributed by atoms with Crippen LogP contribution in [0.5, 0.6) is 0 Å². The highest BCUT2D eigenvalue weighted by Crippen LogP contribution is 2.37. The summed E-state index contributed by atoms with van der Waals surface area (Å²) in [6, 6.07) is 6.31. The highest BCUT2D eigenvalue weighted by atomic mass is 32.2. The Morgan fingerprint density at radius 1 is 1.29 bits per heavy atom. The van der Waals surface area contributed by atoms with E-state index in [9.17, 15) is 10.1 Å². The maximum atomic E-state index is 13.0. The molecule has 0 aliphatic heterocycles. The number of furan rings is 1. The standard InChI is InChI=1S/C25H32N6O2S/c1-16(2)14-30-24(21-11-8-12-33-21)28-29-25(30)34-15-22(32)27-23-20(13-26)17(3)18(4)31(23)19-9-6-5-7-10-19/h8,11-12,16,19H,5-7,9-10,14-15H2,1-4H3,(H,27,32). The third-order valence-corrected chi connectivity index (χ3v) is 7.37. The molecule has 1 aliphatic carbocycles. The van der Waals surface area contributed by atoms with Crippen LogP contribution in [-0.4, -0.2) is 31.0 Å². The third kappa shape index (κ3) is 4.92. The highest BCUT2D eigenvalue weighted by Gasteiger charge is 2.26. The van der Waals surface area contributed by atoms with Crippen LogP contribution >= 0.6 is 11.8 Å². The van der Waals surface area contributed by atoms with Crippen LogP contribution < -0.4 is 5.32 Å². The lowest BCUT2D eigenvalue weighted by Gasteiger charge is -2.27. The van der Waals surface area contributed by atoms with Gasteiger partial charge in [0.2, 0.25) is 5.91 Å². The molecule has 0 unspecified atom stereocenters. The van der Waals surface area contributed by atoms with E-state index in [-0.39, 0.29) is 11.7 Å². The van der Waals surface area contributed by atoms with Crippen molar-refractivity contribution < 1.29 is 9.21 Å². The Morgan fingerprint density at radius 3 is 2.71 bits per heavy atom. The average molecular weight is 481 g/mol. The number of nitriles is 1. The Bertz CT molecular complexity index is 1180. The van der Waals surface area contributed by atoms with Crippen LogP contribution in [-0.2, 0) is 11.3 Å². The largest absolute Gasteiger partial charge is 0.461 e. The maximum Gasteiger partial charge on any atom is 0.235 e. The van der Waals surface area contributed by atoms with Crippen LogP contribution in [0.15, 0.2) is 28.0 Å². The van der Waals surface area contributed by atoms with Crippen LogP contribution in [0.4, 0.5) is 5.82 Å². The van der Waals surface area contributed by atoms with E-state index >= 15 is 0 Å². The highest BCUT2D eigenvalue weighted by molar-refractivity contribution is 7.99. The fourth-order valence-electron chi connectivity index (χ4n) is 4.69. The lowest BCUT2D eigenvalue weighted by Crippen LogP contribution is -2.22. The molecule has 4 rings (SSSR count). The van der Waals surface area contributed by atoms with E-state index < -0.39 is 0 Å². The summed E-state index contributed by atoms with van der Waals surface area (Å²) in [6.07, 6.45) is 7.36. The molecule has 0 radical (unpaired) electrons. The Kier molecular flexibility index (Phi) is 7.47. The van der Waals surface area contributed by atoms with Crippen molar-refractivity contribution in [2.45, 2.75) is 77.5 Å². The van der Waals surface area contributed by atoms with E-state index in [1.165, 1.54) is 31.0 Å². The Hall–Kier alpha value is -2.99. The first kappa shape index (κ1) is 24.1. The zero-order valence-electron chi connectivity index (χ0n) is 20.3. The molecule has 1 aliphatic rings. The number of hydrogen-bond donors (Lipinski definition) is 1. The van der Waals surface area contributed by atoms with Crippen molar-refractivity contribution in [3.8, 4) is 17.7 Å². The topological polar surface area (TPSA) is 102 Å². The molecule has 34 heavy (non-hydrogen) atoms. The quantitative estimate of drug-likeness (QED) is 0.414. The fraction of sp³-hybridized carbons (Fsp3) is 0.520. The average Bonchev–Trinajstić information content (AvgIpc) is 3.53. The van der Waals surface area contributed by atoms with Crippen LogP contribution in [0, 0.1) is 31.1 Å². The van der Waals surface area contributed by atoms with Gasteiger partial charge in [0.1, 0.15) is 11.9 Å². The monoisotopic (exact) mass is 480 g/mol. The molecular weight excluding hydrogens is 448 g/mol. The smallest absolute Gasteiger partial charge is 0.235 e. The molecular formula is C25H32N6O2S. The van der Waals surface area contributed by atoms with Gasteiger partial charge in [-0.2, -0.15) is 5.26 Å². The minimum Gasteiger partial charge on any atom is -0.461 e. The van der Waals surface area contributed by atoms with Gasteiger partial charge < -0.3 is 14.3 Å². The number of amides is 1. The van der Waals surface area contributed by atoms with E-state index in [0.29, 0.717) is 46.6 Å². The number of hydrogen-bond acceptors (Lipinski definition) is 6. The van der Waals surface area contributed by atoms with Crippen molar-refractivity contribution in [3.05, 3.63) is 35.2 Å². The molecule has 1 N–H and O–H groups in total. The molecule has 3 aromatic heterocycles. The first-order valence-electron chi connectivity index (χ1n) is 11.9. The summed E-state index contributed by atoms with van der Waals surface area (Å²) in [4.78, 5) is 13.0. The summed E-state index contributed by atoms with van der Waals surface area (Å²) in [5.74, 6) is 2.34. The van der Waals surface area contributed by atoms with Crippen LogP contribution in [0.1, 0.15) is 68.8 Å². The van der Waals surface area contributed by atoms with Gasteiger partial charge in [0.25, 0.3) is 0 Å². The van der Waals surface area contributed by atoms with Crippen molar-refractivity contribution in [2.75, 3.05) is 11.1 Å². The van der Waals surface area contributed by atoms with Crippen molar-refractivity contribution in [1.82, 2.24) is 19.3 Å². The van der Waals surface area contributed by atoms with Gasteiger partial charge in [-0.25, -0.2) is 0 Å². The molecule has 180 valence electrons. The fourth-order valence-corrected chi connectivity index (χ4v) is 5.44. The van der Waals surface area contributed by atoms with Crippen molar-refractivity contribution in [1.29, 1.82) is 5.26 Å². The number of anilines is 1. The second-order valence-electron chi connectivity index (χ2n) is 9.33. The van der Waals surface area contributed by atoms with Gasteiger partial charge in [0, 0.05) is 18.3 Å². The van der Waals surface area contributed by atoms with Crippen LogP contribution in [0.25, 0.3) is 11.6 Å². The molecule has 0 aromatic carbocycles. The predicted octanol–water partition coefficient (Wildman–Crippen LogP) is 5.72. The van der Waals surface area contributed by atoms with Gasteiger partial charge in [-0.1, -0.05) is 44.9 Å². The Balaban J connectivity index is 1.53. The summed E-state index contributed by atoms with van der Waals surface area (Å²) in [7, 11) is 0. The molecule has 0 saturated heterocycles. The van der Waals surface area contributed by atoms with Gasteiger partial charge in [0.05, 0.1) is 17.6 Å². The summed E-state index contributed by atoms with van der Waals surface area (Å²) in [5.41, 5.74) is 2.56. The molecule has 0 bridgehead atoms. The number of carbonyl (C=O) groups is 1. The van der Waals surface area contributed by atoms with Gasteiger partial charge >= 0.3 is 0 Å². The number of carbonyl (C=O) groups excluding carboxylic acids is 1. The van der Waals surface area contributed by atoms with Gasteiger partial charge in [-0.15, -0.1) is 10.2 Å². The summed E-state index contributed by atoms with van der Waals surface area (Å²) < 4.78 is 9.71. The summed E-state index contributed by atoms with van der Waals surface area (Å²) in [5, 5.41) is 22.2. The van der Waals surface area contributed by atoms with Crippen molar-refractivity contribution >= 4 is 23.5 Å². The number of rotatable bonds is 8. The Morgan fingerprint density at radius 2 is 2.06 bits per heavy atom. The van der Waals surface area contributed by atoms with E-state index in [4.69, 9.17) is 4.42 Å². The van der Waals surface area contributed by atoms with Crippen LogP contribution in [0.2, 0.25) is 0 Å². The first-order chi connectivity index (χ1) is 16.4.